The summed E-state index contributed by atoms with van der Waals surface area (Å²) in [5, 5.41) is 3.95. The number of anilines is 1. The molecular formula is C19H16ClNO3S. The molecule has 4 nitrogen and oxygen atoms in total. The summed E-state index contributed by atoms with van der Waals surface area (Å²) in [6.07, 6.45) is 0. The van der Waals surface area contributed by atoms with Gasteiger partial charge < -0.3 is 10.1 Å². The van der Waals surface area contributed by atoms with Crippen LogP contribution in [0.25, 0.3) is 10.1 Å². The number of benzene rings is 2. The van der Waals surface area contributed by atoms with E-state index in [0.29, 0.717) is 9.90 Å². The number of amides is 1. The quantitative estimate of drug-likeness (QED) is 0.657. The van der Waals surface area contributed by atoms with E-state index < -0.39 is 5.97 Å². The first-order chi connectivity index (χ1) is 12.0. The molecule has 25 heavy (non-hydrogen) atoms. The largest absolute Gasteiger partial charge is 0.451 e. The first kappa shape index (κ1) is 17.5. The van der Waals surface area contributed by atoms with Crippen molar-refractivity contribution in [3.8, 4) is 0 Å². The van der Waals surface area contributed by atoms with Crippen molar-refractivity contribution in [3.05, 3.63) is 63.5 Å². The summed E-state index contributed by atoms with van der Waals surface area (Å²) >= 11 is 7.50. The van der Waals surface area contributed by atoms with Gasteiger partial charge in [-0.05, 0) is 31.0 Å². The zero-order chi connectivity index (χ0) is 18.0. The van der Waals surface area contributed by atoms with Crippen molar-refractivity contribution in [2.75, 3.05) is 11.9 Å². The van der Waals surface area contributed by atoms with Gasteiger partial charge in [0, 0.05) is 15.8 Å². The fraction of sp³-hybridized carbons (Fsp3) is 0.158. The Hall–Kier alpha value is -2.37. The summed E-state index contributed by atoms with van der Waals surface area (Å²) in [4.78, 5) is 24.6. The molecule has 0 aliphatic heterocycles. The summed E-state index contributed by atoms with van der Waals surface area (Å²) in [5.74, 6) is -0.981. The van der Waals surface area contributed by atoms with Crippen LogP contribution in [0.15, 0.2) is 42.5 Å². The Balaban J connectivity index is 1.67. The SMILES string of the molecule is Cc1cccc(C)c1NC(=O)COC(=O)c1sc2ccccc2c1Cl. The second-order valence-corrected chi connectivity index (χ2v) is 7.06. The molecule has 0 radical (unpaired) electrons. The second kappa shape index (κ2) is 7.25. The third-order valence-electron chi connectivity index (χ3n) is 3.80. The minimum absolute atomic E-state index is 0.308. The van der Waals surface area contributed by atoms with Crippen LogP contribution in [0.1, 0.15) is 20.8 Å². The van der Waals surface area contributed by atoms with Gasteiger partial charge in [0.25, 0.3) is 5.91 Å². The van der Waals surface area contributed by atoms with E-state index in [1.54, 1.807) is 0 Å². The van der Waals surface area contributed by atoms with Crippen molar-refractivity contribution in [2.24, 2.45) is 0 Å². The Bertz CT molecular complexity index is 944. The van der Waals surface area contributed by atoms with Crippen LogP contribution >= 0.6 is 22.9 Å². The molecule has 0 spiro atoms. The van der Waals surface area contributed by atoms with Crippen LogP contribution < -0.4 is 5.32 Å². The molecule has 1 N–H and O–H groups in total. The number of thiophene rings is 1. The Morgan fingerprint density at radius 3 is 2.44 bits per heavy atom. The maximum absolute atomic E-state index is 12.2. The van der Waals surface area contributed by atoms with Crippen LogP contribution in [-0.2, 0) is 9.53 Å². The highest BCUT2D eigenvalue weighted by atomic mass is 35.5. The standard InChI is InChI=1S/C19H16ClNO3S/c1-11-6-5-7-12(2)17(11)21-15(22)10-24-19(23)18-16(20)13-8-3-4-9-14(13)25-18/h3-9H,10H2,1-2H3,(H,21,22). The maximum Gasteiger partial charge on any atom is 0.350 e. The van der Waals surface area contributed by atoms with Gasteiger partial charge in [0.15, 0.2) is 6.61 Å². The molecule has 1 amide bonds. The smallest absolute Gasteiger partial charge is 0.350 e. The van der Waals surface area contributed by atoms with Gasteiger partial charge in [-0.3, -0.25) is 4.79 Å². The normalized spacial score (nSPS) is 10.7. The summed E-state index contributed by atoms with van der Waals surface area (Å²) in [6, 6.07) is 13.2. The van der Waals surface area contributed by atoms with Crippen molar-refractivity contribution in [1.29, 1.82) is 0 Å². The van der Waals surface area contributed by atoms with Crippen molar-refractivity contribution >= 4 is 50.6 Å². The number of aryl methyl sites for hydroxylation is 2. The molecule has 0 aliphatic carbocycles. The molecule has 1 aromatic heterocycles. The fourth-order valence-corrected chi connectivity index (χ4v) is 3.93. The Kier molecular flexibility index (Phi) is 5.06. The van der Waals surface area contributed by atoms with E-state index in [-0.39, 0.29) is 12.5 Å². The average molecular weight is 374 g/mol. The van der Waals surface area contributed by atoms with Gasteiger partial charge in [0.1, 0.15) is 4.88 Å². The number of nitrogens with one attached hydrogen (secondary N) is 1. The highest BCUT2D eigenvalue weighted by molar-refractivity contribution is 7.21. The monoisotopic (exact) mass is 373 g/mol. The van der Waals surface area contributed by atoms with Gasteiger partial charge in [0.2, 0.25) is 0 Å². The van der Waals surface area contributed by atoms with E-state index in [1.165, 1.54) is 11.3 Å². The lowest BCUT2D eigenvalue weighted by molar-refractivity contribution is -0.119. The summed E-state index contributed by atoms with van der Waals surface area (Å²) in [5.41, 5.74) is 2.64. The molecule has 6 heteroatoms. The number of halogens is 1. The summed E-state index contributed by atoms with van der Waals surface area (Å²) in [7, 11) is 0. The van der Waals surface area contributed by atoms with E-state index in [4.69, 9.17) is 16.3 Å². The van der Waals surface area contributed by atoms with Crippen LogP contribution in [0, 0.1) is 13.8 Å². The van der Waals surface area contributed by atoms with Gasteiger partial charge >= 0.3 is 5.97 Å². The van der Waals surface area contributed by atoms with Crippen LogP contribution in [-0.4, -0.2) is 18.5 Å². The summed E-state index contributed by atoms with van der Waals surface area (Å²) < 4.78 is 6.03. The van der Waals surface area contributed by atoms with Crippen LogP contribution in [0.2, 0.25) is 5.02 Å². The molecule has 3 aromatic rings. The van der Waals surface area contributed by atoms with E-state index >= 15 is 0 Å². The number of fused-ring (bicyclic) bond motifs is 1. The molecule has 0 saturated carbocycles. The molecule has 0 atom stereocenters. The molecule has 0 aliphatic rings. The number of carbonyl (C=O) groups is 2. The zero-order valence-corrected chi connectivity index (χ0v) is 15.3. The second-order valence-electron chi connectivity index (χ2n) is 5.63. The zero-order valence-electron chi connectivity index (χ0n) is 13.8. The number of hydrogen-bond donors (Lipinski definition) is 1. The van der Waals surface area contributed by atoms with Gasteiger partial charge in [-0.1, -0.05) is 48.0 Å². The van der Waals surface area contributed by atoms with Gasteiger partial charge in [0.05, 0.1) is 5.02 Å². The molecule has 0 bridgehead atoms. The van der Waals surface area contributed by atoms with Crippen molar-refractivity contribution in [2.45, 2.75) is 13.8 Å². The third-order valence-corrected chi connectivity index (χ3v) is 5.46. The maximum atomic E-state index is 12.2. The molecular weight excluding hydrogens is 358 g/mol. The molecule has 1 heterocycles. The van der Waals surface area contributed by atoms with Crippen LogP contribution in [0.4, 0.5) is 5.69 Å². The highest BCUT2D eigenvalue weighted by Gasteiger charge is 2.19. The molecule has 2 aromatic carbocycles. The number of hydrogen-bond acceptors (Lipinski definition) is 4. The molecule has 0 unspecified atom stereocenters. The highest BCUT2D eigenvalue weighted by Crippen LogP contribution is 2.35. The van der Waals surface area contributed by atoms with E-state index in [1.807, 2.05) is 56.3 Å². The number of para-hydroxylation sites is 1. The first-order valence-corrected chi connectivity index (χ1v) is 8.87. The number of esters is 1. The number of ether oxygens (including phenoxy) is 1. The Labute approximate surface area is 154 Å². The van der Waals surface area contributed by atoms with Crippen LogP contribution in [0.3, 0.4) is 0 Å². The van der Waals surface area contributed by atoms with Crippen molar-refractivity contribution in [1.82, 2.24) is 0 Å². The van der Waals surface area contributed by atoms with E-state index in [9.17, 15) is 9.59 Å². The molecule has 128 valence electrons. The first-order valence-electron chi connectivity index (χ1n) is 7.67. The lowest BCUT2D eigenvalue weighted by Crippen LogP contribution is -2.21. The lowest BCUT2D eigenvalue weighted by atomic mass is 10.1. The lowest BCUT2D eigenvalue weighted by Gasteiger charge is -2.11. The third kappa shape index (κ3) is 3.67. The minimum Gasteiger partial charge on any atom is -0.451 e. The van der Waals surface area contributed by atoms with E-state index in [2.05, 4.69) is 5.32 Å². The van der Waals surface area contributed by atoms with Crippen molar-refractivity contribution in [3.63, 3.8) is 0 Å². The van der Waals surface area contributed by atoms with Gasteiger partial charge in [-0.15, -0.1) is 11.3 Å². The predicted octanol–water partition coefficient (Wildman–Crippen LogP) is 4.97. The Morgan fingerprint density at radius 1 is 1.08 bits per heavy atom. The molecule has 0 saturated heterocycles. The minimum atomic E-state index is -0.595. The number of rotatable bonds is 4. The summed E-state index contributed by atoms with van der Waals surface area (Å²) in [6.45, 7) is 3.45. The Morgan fingerprint density at radius 2 is 1.76 bits per heavy atom. The van der Waals surface area contributed by atoms with Crippen molar-refractivity contribution < 1.29 is 14.3 Å². The molecule has 0 fully saturated rings. The average Bonchev–Trinajstić information content (AvgIpc) is 2.93. The van der Waals surface area contributed by atoms with Crippen LogP contribution in [0.5, 0.6) is 0 Å². The fourth-order valence-electron chi connectivity index (χ4n) is 2.53. The topological polar surface area (TPSA) is 55.4 Å². The predicted molar refractivity (Wildman–Crippen MR) is 102 cm³/mol. The number of carbonyl (C=O) groups excluding carboxylic acids is 2. The van der Waals surface area contributed by atoms with E-state index in [0.717, 1.165) is 26.9 Å². The van der Waals surface area contributed by atoms with Gasteiger partial charge in [-0.25, -0.2) is 4.79 Å². The molecule has 3 rings (SSSR count). The van der Waals surface area contributed by atoms with Gasteiger partial charge in [-0.2, -0.15) is 0 Å².